The van der Waals surface area contributed by atoms with E-state index in [2.05, 4.69) is 15.8 Å². The Labute approximate surface area is 134 Å². The van der Waals surface area contributed by atoms with Crippen LogP contribution >= 0.6 is 0 Å². The molecule has 2 amide bonds. The summed E-state index contributed by atoms with van der Waals surface area (Å²) in [5.41, 5.74) is 0.956. The van der Waals surface area contributed by atoms with Crippen LogP contribution in [0, 0.1) is 5.82 Å². The number of oxime groups is 1. The summed E-state index contributed by atoms with van der Waals surface area (Å²) in [5, 5.41) is 9.17. The Morgan fingerprint density at radius 3 is 2.83 bits per heavy atom. The highest BCUT2D eigenvalue weighted by Gasteiger charge is 2.20. The molecule has 6 nitrogen and oxygen atoms in total. The molecule has 2 N–H and O–H groups in total. The lowest BCUT2D eigenvalue weighted by atomic mass is 10.1. The van der Waals surface area contributed by atoms with E-state index in [9.17, 15) is 14.0 Å². The van der Waals surface area contributed by atoms with Crippen molar-refractivity contribution in [2.75, 3.05) is 13.1 Å². The first-order chi connectivity index (χ1) is 11.1. The van der Waals surface area contributed by atoms with Crippen molar-refractivity contribution >= 4 is 17.5 Å². The zero-order chi connectivity index (χ0) is 16.7. The second kappa shape index (κ2) is 8.26. The molecule has 0 spiro atoms. The van der Waals surface area contributed by atoms with Gasteiger partial charge in [0, 0.05) is 19.4 Å². The molecule has 0 saturated carbocycles. The van der Waals surface area contributed by atoms with E-state index in [-0.39, 0.29) is 30.5 Å². The van der Waals surface area contributed by atoms with Crippen LogP contribution in [0.3, 0.4) is 0 Å². The quantitative estimate of drug-likeness (QED) is 0.801. The Morgan fingerprint density at radius 2 is 2.13 bits per heavy atom. The second-order valence-corrected chi connectivity index (χ2v) is 5.23. The Hall–Kier alpha value is -2.44. The molecule has 1 atom stereocenters. The number of hydrogen-bond acceptors (Lipinski definition) is 4. The molecule has 124 valence electrons. The average Bonchev–Trinajstić information content (AvgIpc) is 3.01. The van der Waals surface area contributed by atoms with Crippen LogP contribution in [0.1, 0.15) is 36.5 Å². The molecule has 0 fully saturated rings. The Kier molecular flexibility index (Phi) is 6.08. The molecule has 1 aromatic carbocycles. The third-order valence-electron chi connectivity index (χ3n) is 3.49. The first-order valence-corrected chi connectivity index (χ1v) is 7.61. The number of halogens is 1. The number of hydrogen-bond donors (Lipinski definition) is 2. The van der Waals surface area contributed by atoms with Crippen LogP contribution in [0.4, 0.5) is 4.39 Å². The number of amides is 2. The van der Waals surface area contributed by atoms with Gasteiger partial charge in [-0.2, -0.15) is 0 Å². The van der Waals surface area contributed by atoms with Gasteiger partial charge in [0.05, 0.1) is 17.8 Å². The number of nitrogens with one attached hydrogen (secondary N) is 2. The zero-order valence-electron chi connectivity index (χ0n) is 13.0. The normalized spacial score (nSPS) is 16.4. The molecule has 0 aliphatic carbocycles. The summed E-state index contributed by atoms with van der Waals surface area (Å²) in [6.45, 7) is 2.52. The highest BCUT2D eigenvalue weighted by molar-refractivity contribution is 5.94. The van der Waals surface area contributed by atoms with E-state index in [0.717, 1.165) is 18.6 Å². The van der Waals surface area contributed by atoms with Gasteiger partial charge < -0.3 is 15.5 Å². The molecule has 0 saturated heterocycles. The van der Waals surface area contributed by atoms with Crippen molar-refractivity contribution in [2.45, 2.75) is 32.3 Å². The maximum Gasteiger partial charge on any atom is 0.254 e. The van der Waals surface area contributed by atoms with Gasteiger partial charge in [-0.1, -0.05) is 24.2 Å². The molecule has 0 radical (unpaired) electrons. The number of rotatable bonds is 7. The lowest BCUT2D eigenvalue weighted by molar-refractivity contribution is -0.121. The number of benzene rings is 1. The van der Waals surface area contributed by atoms with Gasteiger partial charge in [0.15, 0.2) is 0 Å². The fourth-order valence-corrected chi connectivity index (χ4v) is 2.15. The first-order valence-electron chi connectivity index (χ1n) is 7.61. The summed E-state index contributed by atoms with van der Waals surface area (Å²) < 4.78 is 13.4. The fourth-order valence-electron chi connectivity index (χ4n) is 2.15. The van der Waals surface area contributed by atoms with Crippen LogP contribution in [0.2, 0.25) is 0 Å². The van der Waals surface area contributed by atoms with Gasteiger partial charge >= 0.3 is 0 Å². The Balaban J connectivity index is 1.64. The summed E-state index contributed by atoms with van der Waals surface area (Å²) in [6.07, 6.45) is 1.56. The minimum Gasteiger partial charge on any atom is -0.390 e. The zero-order valence-corrected chi connectivity index (χ0v) is 13.0. The fraction of sp³-hybridized carbons (Fsp3) is 0.438. The predicted octanol–water partition coefficient (Wildman–Crippen LogP) is 1.62. The molecule has 1 aliphatic rings. The Bertz CT molecular complexity index is 604. The predicted molar refractivity (Wildman–Crippen MR) is 83.6 cm³/mol. The van der Waals surface area contributed by atoms with Gasteiger partial charge in [0.1, 0.15) is 11.9 Å². The average molecular weight is 321 g/mol. The highest BCUT2D eigenvalue weighted by Crippen LogP contribution is 2.11. The number of carbonyl (C=O) groups is 2. The van der Waals surface area contributed by atoms with E-state index < -0.39 is 11.7 Å². The first kappa shape index (κ1) is 16.9. The summed E-state index contributed by atoms with van der Waals surface area (Å²) in [7, 11) is 0. The van der Waals surface area contributed by atoms with Crippen molar-refractivity contribution in [3.63, 3.8) is 0 Å². The largest absolute Gasteiger partial charge is 0.390 e. The third-order valence-corrected chi connectivity index (χ3v) is 3.49. The number of nitrogens with zero attached hydrogens (tertiary/aromatic N) is 1. The summed E-state index contributed by atoms with van der Waals surface area (Å²) in [5.74, 6) is -1.32. The third kappa shape index (κ3) is 5.05. The monoisotopic (exact) mass is 321 g/mol. The standard InChI is InChI=1S/C16H20FN3O3/c1-2-11-9-12(23-20-11)10-19-15(21)7-8-18-16(22)13-5-3-4-6-14(13)17/h3-6,12H,2,7-10H2,1H3,(H,18,22)(H,19,21). The Morgan fingerprint density at radius 1 is 1.35 bits per heavy atom. The molecule has 2 rings (SSSR count). The second-order valence-electron chi connectivity index (χ2n) is 5.23. The minimum atomic E-state index is -0.584. The van der Waals surface area contributed by atoms with Crippen molar-refractivity contribution in [1.82, 2.24) is 10.6 Å². The molecule has 1 aromatic rings. The van der Waals surface area contributed by atoms with Gasteiger partial charge in [0.2, 0.25) is 5.91 Å². The maximum atomic E-state index is 13.4. The van der Waals surface area contributed by atoms with Gasteiger partial charge in [-0.05, 0) is 18.6 Å². The molecule has 1 heterocycles. The SMILES string of the molecule is CCC1=NOC(CNC(=O)CCNC(=O)c2ccccc2F)C1. The topological polar surface area (TPSA) is 79.8 Å². The molecular formula is C16H20FN3O3. The van der Waals surface area contributed by atoms with Crippen LogP contribution in [-0.4, -0.2) is 36.7 Å². The van der Waals surface area contributed by atoms with Crippen molar-refractivity contribution in [3.05, 3.63) is 35.6 Å². The van der Waals surface area contributed by atoms with Crippen LogP contribution in [-0.2, 0) is 9.63 Å². The molecule has 0 bridgehead atoms. The lowest BCUT2D eigenvalue weighted by Gasteiger charge is -2.10. The van der Waals surface area contributed by atoms with Crippen molar-refractivity contribution < 1.29 is 18.8 Å². The van der Waals surface area contributed by atoms with Crippen molar-refractivity contribution in [2.24, 2.45) is 5.16 Å². The number of carbonyl (C=O) groups excluding carboxylic acids is 2. The lowest BCUT2D eigenvalue weighted by Crippen LogP contribution is -2.35. The van der Waals surface area contributed by atoms with Gasteiger partial charge in [0.25, 0.3) is 5.91 Å². The van der Waals surface area contributed by atoms with Gasteiger partial charge in [-0.25, -0.2) is 4.39 Å². The van der Waals surface area contributed by atoms with E-state index >= 15 is 0 Å². The van der Waals surface area contributed by atoms with Crippen LogP contribution < -0.4 is 10.6 Å². The van der Waals surface area contributed by atoms with Crippen LogP contribution in [0.5, 0.6) is 0 Å². The summed E-state index contributed by atoms with van der Waals surface area (Å²) in [4.78, 5) is 28.7. The van der Waals surface area contributed by atoms with E-state index in [4.69, 9.17) is 4.84 Å². The summed E-state index contributed by atoms with van der Waals surface area (Å²) >= 11 is 0. The highest BCUT2D eigenvalue weighted by atomic mass is 19.1. The van der Waals surface area contributed by atoms with E-state index in [1.807, 2.05) is 6.92 Å². The molecule has 1 aliphatic heterocycles. The molecular weight excluding hydrogens is 301 g/mol. The summed E-state index contributed by atoms with van der Waals surface area (Å²) in [6, 6.07) is 5.71. The molecule has 23 heavy (non-hydrogen) atoms. The van der Waals surface area contributed by atoms with E-state index in [1.165, 1.54) is 18.2 Å². The minimum absolute atomic E-state index is 0.0310. The van der Waals surface area contributed by atoms with Crippen LogP contribution in [0.25, 0.3) is 0 Å². The molecule has 0 aromatic heterocycles. The smallest absolute Gasteiger partial charge is 0.254 e. The van der Waals surface area contributed by atoms with E-state index in [0.29, 0.717) is 6.54 Å². The van der Waals surface area contributed by atoms with Crippen molar-refractivity contribution in [3.8, 4) is 0 Å². The van der Waals surface area contributed by atoms with Gasteiger partial charge in [-0.15, -0.1) is 0 Å². The molecule has 7 heteroatoms. The molecule has 1 unspecified atom stereocenters. The maximum absolute atomic E-state index is 13.4. The van der Waals surface area contributed by atoms with Crippen molar-refractivity contribution in [1.29, 1.82) is 0 Å². The van der Waals surface area contributed by atoms with Gasteiger partial charge in [-0.3, -0.25) is 9.59 Å². The van der Waals surface area contributed by atoms with E-state index in [1.54, 1.807) is 6.07 Å². The van der Waals surface area contributed by atoms with Crippen LogP contribution in [0.15, 0.2) is 29.4 Å².